The number of halogens is 2. The van der Waals surface area contributed by atoms with Crippen LogP contribution in [0, 0.1) is 6.92 Å². The van der Waals surface area contributed by atoms with Crippen LogP contribution in [0.3, 0.4) is 0 Å². The van der Waals surface area contributed by atoms with Crippen molar-refractivity contribution in [1.82, 2.24) is 9.97 Å². The number of hydrogen-bond donors (Lipinski definition) is 1. The number of thiazole rings is 1. The second kappa shape index (κ2) is 7.93. The second-order valence-corrected chi connectivity index (χ2v) is 9.52. The summed E-state index contributed by atoms with van der Waals surface area (Å²) in [6.45, 7) is 1.56. The Kier molecular flexibility index (Phi) is 5.81. The van der Waals surface area contributed by atoms with Gasteiger partial charge >= 0.3 is 0 Å². The van der Waals surface area contributed by atoms with Gasteiger partial charge in [0.25, 0.3) is 5.91 Å². The van der Waals surface area contributed by atoms with Gasteiger partial charge in [-0.05, 0) is 31.2 Å². The molecule has 0 bridgehead atoms. The molecule has 0 fully saturated rings. The van der Waals surface area contributed by atoms with Gasteiger partial charge in [0, 0.05) is 21.8 Å². The fourth-order valence-electron chi connectivity index (χ4n) is 2.31. The van der Waals surface area contributed by atoms with Crippen molar-refractivity contribution in [2.45, 2.75) is 16.9 Å². The molecule has 1 aromatic carbocycles. The largest absolute Gasteiger partial charge is 0.296 e. The Morgan fingerprint density at radius 2 is 1.85 bits per heavy atom. The maximum Gasteiger partial charge on any atom is 0.276 e. The molecule has 0 saturated heterocycles. The Bertz CT molecular complexity index is 1080. The molecule has 2 aromatic heterocycles. The number of hydrogen-bond acceptors (Lipinski definition) is 6. The van der Waals surface area contributed by atoms with Gasteiger partial charge < -0.3 is 0 Å². The molecule has 2 heterocycles. The van der Waals surface area contributed by atoms with E-state index in [2.05, 4.69) is 15.3 Å². The topological polar surface area (TPSA) is 89.0 Å². The van der Waals surface area contributed by atoms with E-state index in [0.717, 1.165) is 11.3 Å². The van der Waals surface area contributed by atoms with Crippen molar-refractivity contribution in [3.8, 4) is 0 Å². The number of carbonyl (C=O) groups excluding carboxylic acids is 1. The van der Waals surface area contributed by atoms with E-state index in [1.165, 1.54) is 6.20 Å². The van der Waals surface area contributed by atoms with Crippen LogP contribution in [0.15, 0.2) is 46.8 Å². The van der Waals surface area contributed by atoms with E-state index in [0.29, 0.717) is 11.3 Å². The van der Waals surface area contributed by atoms with Gasteiger partial charge in [0.1, 0.15) is 9.90 Å². The smallest absolute Gasteiger partial charge is 0.276 e. The Morgan fingerprint density at radius 3 is 2.48 bits per heavy atom. The van der Waals surface area contributed by atoms with Crippen molar-refractivity contribution in [3.05, 3.63) is 69.6 Å². The normalized spacial score (nSPS) is 11.4. The number of nitrogens with one attached hydrogen (secondary N) is 1. The van der Waals surface area contributed by atoms with Crippen molar-refractivity contribution >= 4 is 55.4 Å². The van der Waals surface area contributed by atoms with Crippen LogP contribution in [0.25, 0.3) is 0 Å². The van der Waals surface area contributed by atoms with Crippen molar-refractivity contribution < 1.29 is 13.2 Å². The van der Waals surface area contributed by atoms with E-state index in [4.69, 9.17) is 23.2 Å². The van der Waals surface area contributed by atoms with Gasteiger partial charge in [-0.1, -0.05) is 46.7 Å². The zero-order valence-corrected chi connectivity index (χ0v) is 17.1. The van der Waals surface area contributed by atoms with E-state index in [-0.39, 0.29) is 30.8 Å². The zero-order chi connectivity index (χ0) is 19.6. The van der Waals surface area contributed by atoms with E-state index < -0.39 is 15.7 Å². The number of nitrogens with zero attached hydrogens (tertiary/aromatic N) is 2. The highest BCUT2D eigenvalue weighted by atomic mass is 35.5. The fraction of sp³-hybridized carbons (Fsp3) is 0.118. The lowest BCUT2D eigenvalue weighted by Crippen LogP contribution is -2.13. The third kappa shape index (κ3) is 4.47. The van der Waals surface area contributed by atoms with E-state index in [1.54, 1.807) is 43.3 Å². The molecule has 0 aliphatic carbocycles. The molecule has 27 heavy (non-hydrogen) atoms. The summed E-state index contributed by atoms with van der Waals surface area (Å²) in [5, 5.41) is 3.29. The van der Waals surface area contributed by atoms with Crippen LogP contribution in [0.4, 0.5) is 5.13 Å². The summed E-state index contributed by atoms with van der Waals surface area (Å²) in [5.74, 6) is -0.829. The Hall–Kier alpha value is -2.00. The third-order valence-electron chi connectivity index (χ3n) is 3.55. The Morgan fingerprint density at radius 1 is 1.15 bits per heavy atom. The molecule has 6 nitrogen and oxygen atoms in total. The number of rotatable bonds is 5. The summed E-state index contributed by atoms with van der Waals surface area (Å²) in [7, 11) is -3.75. The summed E-state index contributed by atoms with van der Waals surface area (Å²) >= 11 is 13.0. The lowest BCUT2D eigenvalue weighted by Gasteiger charge is -2.07. The highest BCUT2D eigenvalue weighted by molar-refractivity contribution is 7.92. The van der Waals surface area contributed by atoms with Gasteiger partial charge in [-0.3, -0.25) is 15.1 Å². The predicted molar refractivity (Wildman–Crippen MR) is 106 cm³/mol. The third-order valence-corrected chi connectivity index (χ3v) is 7.67. The molecule has 3 rings (SSSR count). The molecule has 0 saturated carbocycles. The van der Waals surface area contributed by atoms with E-state index in [9.17, 15) is 13.2 Å². The Labute approximate surface area is 170 Å². The average Bonchev–Trinajstić information content (AvgIpc) is 3.00. The van der Waals surface area contributed by atoms with Crippen LogP contribution in [0.5, 0.6) is 0 Å². The molecule has 0 atom stereocenters. The first-order chi connectivity index (χ1) is 12.8. The molecule has 10 heteroatoms. The number of sulfone groups is 1. The summed E-state index contributed by atoms with van der Waals surface area (Å²) < 4.78 is 25.7. The SMILES string of the molecule is Cc1nc(NC(=O)c2ccccn2)sc1S(=O)(=O)Cc1c(Cl)cccc1Cl. The van der Waals surface area contributed by atoms with Crippen LogP contribution < -0.4 is 5.32 Å². The van der Waals surface area contributed by atoms with Gasteiger partial charge in [0.2, 0.25) is 0 Å². The van der Waals surface area contributed by atoms with Gasteiger partial charge in [0.15, 0.2) is 15.0 Å². The molecule has 0 unspecified atom stereocenters. The molecule has 1 N–H and O–H groups in total. The minimum absolute atomic E-state index is 0.0507. The minimum Gasteiger partial charge on any atom is -0.296 e. The van der Waals surface area contributed by atoms with E-state index in [1.807, 2.05) is 0 Å². The van der Waals surface area contributed by atoms with Crippen LogP contribution in [-0.4, -0.2) is 24.3 Å². The quantitative estimate of drug-likeness (QED) is 0.634. The molecule has 0 aliphatic rings. The fourth-order valence-corrected chi connectivity index (χ4v) is 5.93. The molecule has 0 radical (unpaired) electrons. The van der Waals surface area contributed by atoms with Crippen LogP contribution in [0.2, 0.25) is 10.0 Å². The van der Waals surface area contributed by atoms with Crippen LogP contribution in [-0.2, 0) is 15.6 Å². The van der Waals surface area contributed by atoms with Crippen LogP contribution >= 0.6 is 34.5 Å². The standard InChI is InChI=1S/C17H13Cl2N3O3S2/c1-10-16(27(24,25)9-11-12(18)5-4-6-13(11)19)26-17(21-10)22-15(23)14-7-2-3-8-20-14/h2-8H,9H2,1H3,(H,21,22,23). The number of carbonyl (C=O) groups is 1. The molecule has 140 valence electrons. The number of aromatic nitrogens is 2. The molecular formula is C17H13Cl2N3O3S2. The molecule has 1 amide bonds. The van der Waals surface area contributed by atoms with Crippen molar-refractivity contribution in [2.24, 2.45) is 0 Å². The number of pyridine rings is 1. The average molecular weight is 442 g/mol. The number of amides is 1. The number of aryl methyl sites for hydroxylation is 1. The number of anilines is 1. The summed E-state index contributed by atoms with van der Waals surface area (Å²) in [6.07, 6.45) is 1.49. The van der Waals surface area contributed by atoms with Crippen molar-refractivity contribution in [1.29, 1.82) is 0 Å². The lowest BCUT2D eigenvalue weighted by atomic mass is 10.2. The number of benzene rings is 1. The summed E-state index contributed by atoms with van der Waals surface area (Å²) in [6, 6.07) is 9.72. The summed E-state index contributed by atoms with van der Waals surface area (Å²) in [4.78, 5) is 20.3. The van der Waals surface area contributed by atoms with Gasteiger partial charge in [-0.15, -0.1) is 0 Å². The van der Waals surface area contributed by atoms with Crippen LogP contribution in [0.1, 0.15) is 21.7 Å². The van der Waals surface area contributed by atoms with E-state index >= 15 is 0 Å². The summed E-state index contributed by atoms with van der Waals surface area (Å²) in [5.41, 5.74) is 0.824. The minimum atomic E-state index is -3.75. The molecule has 0 aliphatic heterocycles. The highest BCUT2D eigenvalue weighted by Crippen LogP contribution is 2.33. The lowest BCUT2D eigenvalue weighted by molar-refractivity contribution is 0.102. The van der Waals surface area contributed by atoms with Gasteiger partial charge in [0.05, 0.1) is 11.4 Å². The van der Waals surface area contributed by atoms with Crippen molar-refractivity contribution in [3.63, 3.8) is 0 Å². The predicted octanol–water partition coefficient (Wildman–Crippen LogP) is 4.38. The zero-order valence-electron chi connectivity index (χ0n) is 13.9. The Balaban J connectivity index is 1.86. The first-order valence-electron chi connectivity index (χ1n) is 7.63. The first-order valence-corrected chi connectivity index (χ1v) is 10.9. The maximum atomic E-state index is 12.8. The molecule has 0 spiro atoms. The second-order valence-electron chi connectivity index (χ2n) is 5.52. The van der Waals surface area contributed by atoms with Gasteiger partial charge in [-0.2, -0.15) is 0 Å². The highest BCUT2D eigenvalue weighted by Gasteiger charge is 2.25. The first kappa shape index (κ1) is 19.8. The van der Waals surface area contributed by atoms with Gasteiger partial charge in [-0.25, -0.2) is 13.4 Å². The monoisotopic (exact) mass is 441 g/mol. The molecule has 3 aromatic rings. The van der Waals surface area contributed by atoms with Crippen molar-refractivity contribution in [2.75, 3.05) is 5.32 Å². The maximum absolute atomic E-state index is 12.8. The molecular weight excluding hydrogens is 429 g/mol.